The van der Waals surface area contributed by atoms with Crippen molar-refractivity contribution < 1.29 is 18.7 Å². The minimum Gasteiger partial charge on any atom is -0.462 e. The average molecular weight is 231 g/mol. The van der Waals surface area contributed by atoms with Gasteiger partial charge in [-0.3, -0.25) is 4.79 Å². The van der Waals surface area contributed by atoms with Crippen LogP contribution in [0.2, 0.25) is 5.02 Å². The van der Waals surface area contributed by atoms with E-state index in [1.807, 2.05) is 0 Å². The molecule has 0 unspecified atom stereocenters. The van der Waals surface area contributed by atoms with Crippen molar-refractivity contribution >= 4 is 23.9 Å². The zero-order valence-corrected chi connectivity index (χ0v) is 8.68. The zero-order chi connectivity index (χ0) is 11.4. The molecule has 1 rings (SSSR count). The zero-order valence-electron chi connectivity index (χ0n) is 7.92. The minimum atomic E-state index is -0.948. The van der Waals surface area contributed by atoms with Crippen LogP contribution in [-0.2, 0) is 4.74 Å². The van der Waals surface area contributed by atoms with Gasteiger partial charge < -0.3 is 4.74 Å². The third-order valence-corrected chi connectivity index (χ3v) is 2.04. The van der Waals surface area contributed by atoms with Crippen molar-refractivity contribution in [3.05, 3.63) is 34.1 Å². The maximum absolute atomic E-state index is 13.5. The molecule has 5 heteroatoms. The van der Waals surface area contributed by atoms with Gasteiger partial charge in [-0.15, -0.1) is 0 Å². The second kappa shape index (κ2) is 4.89. The molecular formula is C10H8ClFO3. The third-order valence-electron chi connectivity index (χ3n) is 1.73. The Balaban J connectivity index is 3.26. The molecule has 3 nitrogen and oxygen atoms in total. The molecule has 0 N–H and O–H groups in total. The van der Waals surface area contributed by atoms with E-state index in [-0.39, 0.29) is 17.2 Å². The van der Waals surface area contributed by atoms with Crippen molar-refractivity contribution in [2.24, 2.45) is 0 Å². The first-order valence-electron chi connectivity index (χ1n) is 4.22. The van der Waals surface area contributed by atoms with Crippen LogP contribution in [0.25, 0.3) is 0 Å². The van der Waals surface area contributed by atoms with E-state index in [4.69, 9.17) is 11.6 Å². The lowest BCUT2D eigenvalue weighted by Crippen LogP contribution is -2.09. The largest absolute Gasteiger partial charge is 0.462 e. The fourth-order valence-electron chi connectivity index (χ4n) is 1.05. The van der Waals surface area contributed by atoms with Crippen LogP contribution in [0.15, 0.2) is 12.1 Å². The Morgan fingerprint density at radius 2 is 2.27 bits per heavy atom. The summed E-state index contributed by atoms with van der Waals surface area (Å²) in [5.41, 5.74) is -0.620. The Kier molecular flexibility index (Phi) is 3.80. The maximum Gasteiger partial charge on any atom is 0.342 e. The average Bonchev–Trinajstić information content (AvgIpc) is 2.18. The smallest absolute Gasteiger partial charge is 0.342 e. The van der Waals surface area contributed by atoms with Crippen LogP contribution in [0.5, 0.6) is 0 Å². The molecule has 1 aromatic carbocycles. The summed E-state index contributed by atoms with van der Waals surface area (Å²) >= 11 is 5.63. The standard InChI is InChI=1S/C10H8ClFO3/c1-2-15-10(14)8-7(11)4-3-6(5-13)9(8)12/h3-5H,2H2,1H3. The third kappa shape index (κ3) is 2.33. The number of halogens is 2. The molecule has 0 radical (unpaired) electrons. The number of hydrogen-bond acceptors (Lipinski definition) is 3. The number of ether oxygens (including phenoxy) is 1. The van der Waals surface area contributed by atoms with Crippen molar-refractivity contribution in [1.82, 2.24) is 0 Å². The van der Waals surface area contributed by atoms with Gasteiger partial charge in [0, 0.05) is 0 Å². The van der Waals surface area contributed by atoms with E-state index in [0.29, 0.717) is 6.29 Å². The second-order valence-electron chi connectivity index (χ2n) is 2.66. The van der Waals surface area contributed by atoms with Crippen molar-refractivity contribution in [1.29, 1.82) is 0 Å². The summed E-state index contributed by atoms with van der Waals surface area (Å²) < 4.78 is 18.1. The van der Waals surface area contributed by atoms with E-state index < -0.39 is 17.3 Å². The van der Waals surface area contributed by atoms with Gasteiger partial charge in [0.05, 0.1) is 17.2 Å². The number of benzene rings is 1. The van der Waals surface area contributed by atoms with Crippen molar-refractivity contribution in [2.75, 3.05) is 6.61 Å². The lowest BCUT2D eigenvalue weighted by Gasteiger charge is -2.06. The van der Waals surface area contributed by atoms with Gasteiger partial charge >= 0.3 is 5.97 Å². The lowest BCUT2D eigenvalue weighted by atomic mass is 10.1. The van der Waals surface area contributed by atoms with E-state index in [0.717, 1.165) is 0 Å². The molecule has 1 aromatic rings. The van der Waals surface area contributed by atoms with Gasteiger partial charge in [0.1, 0.15) is 11.4 Å². The van der Waals surface area contributed by atoms with E-state index in [2.05, 4.69) is 4.74 Å². The molecule has 0 saturated heterocycles. The first-order valence-corrected chi connectivity index (χ1v) is 4.60. The summed E-state index contributed by atoms with van der Waals surface area (Å²) in [7, 11) is 0. The molecular weight excluding hydrogens is 223 g/mol. The predicted octanol–water partition coefficient (Wildman–Crippen LogP) is 2.47. The molecule has 0 aliphatic rings. The Morgan fingerprint density at radius 3 is 2.80 bits per heavy atom. The monoisotopic (exact) mass is 230 g/mol. The molecule has 15 heavy (non-hydrogen) atoms. The molecule has 0 amide bonds. The second-order valence-corrected chi connectivity index (χ2v) is 3.07. The molecule has 0 aliphatic heterocycles. The van der Waals surface area contributed by atoms with Crippen LogP contribution in [0.1, 0.15) is 27.6 Å². The fraction of sp³-hybridized carbons (Fsp3) is 0.200. The molecule has 0 bridgehead atoms. The summed E-state index contributed by atoms with van der Waals surface area (Å²) in [5.74, 6) is -1.82. The number of hydrogen-bond donors (Lipinski definition) is 0. The molecule has 0 spiro atoms. The highest BCUT2D eigenvalue weighted by Gasteiger charge is 2.19. The Hall–Kier alpha value is -1.42. The Morgan fingerprint density at radius 1 is 1.60 bits per heavy atom. The fourth-order valence-corrected chi connectivity index (χ4v) is 1.27. The molecule has 0 aliphatic carbocycles. The summed E-state index contributed by atoms with van der Waals surface area (Å²) in [6.07, 6.45) is 0.314. The number of rotatable bonds is 3. The van der Waals surface area contributed by atoms with Crippen LogP contribution >= 0.6 is 11.6 Å². The number of carbonyl (C=O) groups is 2. The highest BCUT2D eigenvalue weighted by Crippen LogP contribution is 2.22. The highest BCUT2D eigenvalue weighted by atomic mass is 35.5. The molecule has 0 aromatic heterocycles. The van der Waals surface area contributed by atoms with Crippen LogP contribution in [0.3, 0.4) is 0 Å². The van der Waals surface area contributed by atoms with Gasteiger partial charge in [0.25, 0.3) is 0 Å². The van der Waals surface area contributed by atoms with E-state index in [9.17, 15) is 14.0 Å². The van der Waals surface area contributed by atoms with E-state index >= 15 is 0 Å². The summed E-state index contributed by atoms with van der Waals surface area (Å²) in [6, 6.07) is 2.48. The van der Waals surface area contributed by atoms with Crippen LogP contribution in [0, 0.1) is 5.82 Å². The maximum atomic E-state index is 13.5. The van der Waals surface area contributed by atoms with Crippen molar-refractivity contribution in [3.8, 4) is 0 Å². The molecule has 0 saturated carbocycles. The number of carbonyl (C=O) groups excluding carboxylic acids is 2. The minimum absolute atomic E-state index is 0.0726. The van der Waals surface area contributed by atoms with Gasteiger partial charge in [-0.1, -0.05) is 11.6 Å². The van der Waals surface area contributed by atoms with Crippen LogP contribution in [0.4, 0.5) is 4.39 Å². The number of aldehydes is 1. The van der Waals surface area contributed by atoms with Crippen LogP contribution < -0.4 is 0 Å². The van der Waals surface area contributed by atoms with Gasteiger partial charge in [0.2, 0.25) is 0 Å². The van der Waals surface area contributed by atoms with Gasteiger partial charge in [-0.25, -0.2) is 9.18 Å². The predicted molar refractivity (Wildman–Crippen MR) is 52.8 cm³/mol. The molecule has 0 heterocycles. The summed E-state index contributed by atoms with van der Waals surface area (Å²) in [5, 5.41) is -0.0726. The van der Waals surface area contributed by atoms with Gasteiger partial charge in [-0.2, -0.15) is 0 Å². The molecule has 80 valence electrons. The van der Waals surface area contributed by atoms with E-state index in [1.54, 1.807) is 6.92 Å². The van der Waals surface area contributed by atoms with Crippen molar-refractivity contribution in [3.63, 3.8) is 0 Å². The number of esters is 1. The van der Waals surface area contributed by atoms with Gasteiger partial charge in [-0.05, 0) is 19.1 Å². The first kappa shape index (κ1) is 11.7. The molecule has 0 atom stereocenters. The first-order chi connectivity index (χ1) is 7.11. The lowest BCUT2D eigenvalue weighted by molar-refractivity contribution is 0.0521. The normalized spacial score (nSPS) is 9.80. The highest BCUT2D eigenvalue weighted by molar-refractivity contribution is 6.33. The Labute approximate surface area is 90.8 Å². The summed E-state index contributed by atoms with van der Waals surface area (Å²) in [6.45, 7) is 1.70. The van der Waals surface area contributed by atoms with Crippen molar-refractivity contribution in [2.45, 2.75) is 6.92 Å². The molecule has 0 fully saturated rings. The van der Waals surface area contributed by atoms with Crippen LogP contribution in [-0.4, -0.2) is 18.9 Å². The topological polar surface area (TPSA) is 43.4 Å². The SMILES string of the molecule is CCOC(=O)c1c(Cl)ccc(C=O)c1F. The Bertz CT molecular complexity index is 404. The quantitative estimate of drug-likeness (QED) is 0.592. The summed E-state index contributed by atoms with van der Waals surface area (Å²) in [4.78, 5) is 21.7. The van der Waals surface area contributed by atoms with E-state index in [1.165, 1.54) is 12.1 Å². The van der Waals surface area contributed by atoms with Gasteiger partial charge in [0.15, 0.2) is 6.29 Å².